The van der Waals surface area contributed by atoms with E-state index in [0.717, 1.165) is 55.6 Å². The van der Waals surface area contributed by atoms with E-state index in [4.69, 9.17) is 0 Å². The first-order valence-corrected chi connectivity index (χ1v) is 9.98. The van der Waals surface area contributed by atoms with Crippen molar-refractivity contribution < 1.29 is 9.90 Å². The predicted octanol–water partition coefficient (Wildman–Crippen LogP) is 4.22. The van der Waals surface area contributed by atoms with Crippen molar-refractivity contribution in [3.8, 4) is 5.75 Å². The lowest BCUT2D eigenvalue weighted by atomic mass is 10.1. The number of unbranched alkanes of at least 4 members (excludes halogenated alkanes) is 1. The quantitative estimate of drug-likeness (QED) is 0.716. The minimum Gasteiger partial charge on any atom is -0.506 e. The molecule has 0 aromatic heterocycles. The number of hydrogen-bond donors (Lipinski definition) is 1. The summed E-state index contributed by atoms with van der Waals surface area (Å²) >= 11 is 3.45. The molecular formula is C21H25BrN2O2. The van der Waals surface area contributed by atoms with Crippen molar-refractivity contribution in [3.05, 3.63) is 58.6 Å². The molecule has 1 aliphatic heterocycles. The number of anilines is 1. The van der Waals surface area contributed by atoms with Gasteiger partial charge >= 0.3 is 0 Å². The van der Waals surface area contributed by atoms with Gasteiger partial charge in [0.05, 0.1) is 5.69 Å². The number of amides is 1. The maximum absolute atomic E-state index is 12.4. The van der Waals surface area contributed by atoms with E-state index in [0.29, 0.717) is 12.2 Å². The third-order valence-corrected chi connectivity index (χ3v) is 5.40. The Hall–Kier alpha value is -2.01. The number of aryl methyl sites for hydroxylation is 1. The van der Waals surface area contributed by atoms with Crippen molar-refractivity contribution in [1.29, 1.82) is 0 Å². The summed E-state index contributed by atoms with van der Waals surface area (Å²) in [6.07, 6.45) is 3.59. The summed E-state index contributed by atoms with van der Waals surface area (Å²) in [5.41, 5.74) is 2.17. The van der Waals surface area contributed by atoms with Gasteiger partial charge in [-0.25, -0.2) is 0 Å². The average molecular weight is 417 g/mol. The number of aromatic hydroxyl groups is 1. The summed E-state index contributed by atoms with van der Waals surface area (Å²) in [4.78, 5) is 16.5. The molecule has 3 rings (SSSR count). The third-order valence-electron chi connectivity index (χ3n) is 4.87. The number of phenolic OH excluding ortho intramolecular Hbond substituents is 1. The summed E-state index contributed by atoms with van der Waals surface area (Å²) in [7, 11) is 0. The highest BCUT2D eigenvalue weighted by Crippen LogP contribution is 2.27. The molecule has 0 aliphatic carbocycles. The van der Waals surface area contributed by atoms with E-state index < -0.39 is 0 Å². The predicted molar refractivity (Wildman–Crippen MR) is 109 cm³/mol. The molecule has 26 heavy (non-hydrogen) atoms. The fourth-order valence-electron chi connectivity index (χ4n) is 3.34. The first kappa shape index (κ1) is 18.8. The van der Waals surface area contributed by atoms with E-state index in [9.17, 15) is 9.90 Å². The molecule has 5 heteroatoms. The van der Waals surface area contributed by atoms with E-state index >= 15 is 0 Å². The zero-order valence-corrected chi connectivity index (χ0v) is 16.5. The second-order valence-electron chi connectivity index (χ2n) is 6.69. The van der Waals surface area contributed by atoms with Crippen molar-refractivity contribution in [1.82, 2.24) is 4.90 Å². The van der Waals surface area contributed by atoms with Gasteiger partial charge in [-0.1, -0.05) is 40.2 Å². The fraction of sp³-hybridized carbons (Fsp3) is 0.381. The van der Waals surface area contributed by atoms with Crippen LogP contribution >= 0.6 is 15.9 Å². The Morgan fingerprint density at radius 1 is 0.962 bits per heavy atom. The number of carbonyl (C=O) groups excluding carboxylic acids is 1. The number of hydrogen-bond acceptors (Lipinski definition) is 3. The van der Waals surface area contributed by atoms with Crippen LogP contribution in [-0.4, -0.2) is 42.1 Å². The van der Waals surface area contributed by atoms with Crippen LogP contribution in [0.4, 0.5) is 5.69 Å². The number of piperazine rings is 1. The highest BCUT2D eigenvalue weighted by Gasteiger charge is 2.22. The Labute approximate surface area is 163 Å². The second kappa shape index (κ2) is 9.08. The van der Waals surface area contributed by atoms with Crippen LogP contribution in [0.1, 0.15) is 24.8 Å². The number of halogens is 1. The summed E-state index contributed by atoms with van der Waals surface area (Å²) < 4.78 is 1.10. The van der Waals surface area contributed by atoms with Gasteiger partial charge in [0.2, 0.25) is 5.91 Å². The van der Waals surface area contributed by atoms with Crippen molar-refractivity contribution in [2.75, 3.05) is 31.1 Å². The molecule has 1 saturated heterocycles. The number of phenols is 1. The van der Waals surface area contributed by atoms with Crippen molar-refractivity contribution >= 4 is 27.5 Å². The molecule has 0 bridgehead atoms. The molecule has 1 aliphatic rings. The molecule has 0 unspecified atom stereocenters. The van der Waals surface area contributed by atoms with E-state index in [1.165, 1.54) is 5.56 Å². The maximum atomic E-state index is 12.4. The minimum absolute atomic E-state index is 0.248. The van der Waals surface area contributed by atoms with Crippen LogP contribution < -0.4 is 4.90 Å². The first-order valence-electron chi connectivity index (χ1n) is 9.18. The van der Waals surface area contributed by atoms with Crippen molar-refractivity contribution in [2.24, 2.45) is 0 Å². The maximum Gasteiger partial charge on any atom is 0.222 e. The van der Waals surface area contributed by atoms with Crippen LogP contribution in [0.5, 0.6) is 5.75 Å². The van der Waals surface area contributed by atoms with E-state index in [1.807, 2.05) is 23.1 Å². The molecular weight excluding hydrogens is 392 g/mol. The molecule has 1 fully saturated rings. The van der Waals surface area contributed by atoms with Gasteiger partial charge in [0.15, 0.2) is 0 Å². The number of carbonyl (C=O) groups is 1. The van der Waals surface area contributed by atoms with Crippen LogP contribution in [0, 0.1) is 0 Å². The average Bonchev–Trinajstić information content (AvgIpc) is 2.67. The summed E-state index contributed by atoms with van der Waals surface area (Å²) in [5, 5.41) is 9.97. The van der Waals surface area contributed by atoms with E-state index in [1.54, 1.807) is 6.07 Å². The van der Waals surface area contributed by atoms with E-state index in [2.05, 4.69) is 45.1 Å². The molecule has 138 valence electrons. The zero-order chi connectivity index (χ0) is 18.4. The molecule has 2 aromatic rings. The van der Waals surface area contributed by atoms with Gasteiger partial charge in [0.1, 0.15) is 5.75 Å². The molecule has 2 aromatic carbocycles. The van der Waals surface area contributed by atoms with Crippen LogP contribution in [0.25, 0.3) is 0 Å². The van der Waals surface area contributed by atoms with Crippen molar-refractivity contribution in [3.63, 3.8) is 0 Å². The molecule has 4 nitrogen and oxygen atoms in total. The minimum atomic E-state index is 0.248. The smallest absolute Gasteiger partial charge is 0.222 e. The molecule has 0 radical (unpaired) electrons. The molecule has 0 saturated carbocycles. The molecule has 0 atom stereocenters. The van der Waals surface area contributed by atoms with E-state index in [-0.39, 0.29) is 5.91 Å². The number of benzene rings is 2. The molecule has 1 amide bonds. The Balaban J connectivity index is 1.38. The van der Waals surface area contributed by atoms with Gasteiger partial charge in [-0.2, -0.15) is 0 Å². The standard InChI is InChI=1S/C21H25BrN2O2/c22-18-11-9-17(10-12-18)5-1-4-8-21(26)24-15-13-23(14-16-24)19-6-2-3-7-20(19)25/h2-3,6-7,9-12,25H,1,4-5,8,13-16H2. The van der Waals surface area contributed by atoms with Gasteiger partial charge < -0.3 is 14.9 Å². The van der Waals surface area contributed by atoms with Crippen LogP contribution in [0.3, 0.4) is 0 Å². The Bertz CT molecular complexity index is 725. The second-order valence-corrected chi connectivity index (χ2v) is 7.61. The third kappa shape index (κ3) is 5.01. The number of rotatable bonds is 6. The van der Waals surface area contributed by atoms with Crippen molar-refractivity contribution in [2.45, 2.75) is 25.7 Å². The van der Waals surface area contributed by atoms with Gasteiger partial charge in [-0.05, 0) is 49.1 Å². The Kier molecular flexibility index (Phi) is 6.56. The largest absolute Gasteiger partial charge is 0.506 e. The number of para-hydroxylation sites is 2. The fourth-order valence-corrected chi connectivity index (χ4v) is 3.61. The SMILES string of the molecule is O=C(CCCCc1ccc(Br)cc1)N1CCN(c2ccccc2O)CC1. The first-order chi connectivity index (χ1) is 12.6. The normalized spacial score (nSPS) is 14.5. The lowest BCUT2D eigenvalue weighted by molar-refractivity contribution is -0.131. The topological polar surface area (TPSA) is 43.8 Å². The molecule has 1 N–H and O–H groups in total. The van der Waals surface area contributed by atoms with Gasteiger partial charge in [-0.3, -0.25) is 4.79 Å². The van der Waals surface area contributed by atoms with Gasteiger partial charge in [0.25, 0.3) is 0 Å². The van der Waals surface area contributed by atoms with Crippen LogP contribution in [0.15, 0.2) is 53.0 Å². The van der Waals surface area contributed by atoms with Gasteiger partial charge in [0, 0.05) is 37.1 Å². The zero-order valence-electron chi connectivity index (χ0n) is 14.9. The summed E-state index contributed by atoms with van der Waals surface area (Å²) in [6.45, 7) is 2.98. The Morgan fingerprint density at radius 2 is 1.65 bits per heavy atom. The lowest BCUT2D eigenvalue weighted by Gasteiger charge is -2.36. The lowest BCUT2D eigenvalue weighted by Crippen LogP contribution is -2.48. The van der Waals surface area contributed by atoms with Gasteiger partial charge in [-0.15, -0.1) is 0 Å². The summed E-state index contributed by atoms with van der Waals surface area (Å²) in [5.74, 6) is 0.554. The number of nitrogens with zero attached hydrogens (tertiary/aromatic N) is 2. The van der Waals surface area contributed by atoms with Crippen LogP contribution in [0.2, 0.25) is 0 Å². The van der Waals surface area contributed by atoms with Crippen LogP contribution in [-0.2, 0) is 11.2 Å². The highest BCUT2D eigenvalue weighted by atomic mass is 79.9. The highest BCUT2D eigenvalue weighted by molar-refractivity contribution is 9.10. The summed E-state index contributed by atoms with van der Waals surface area (Å²) in [6, 6.07) is 15.8. The monoisotopic (exact) mass is 416 g/mol. The molecule has 0 spiro atoms. The Morgan fingerprint density at radius 3 is 2.35 bits per heavy atom. The molecule has 1 heterocycles.